The minimum atomic E-state index is -1.70. The molecule has 0 aromatic heterocycles. The van der Waals surface area contributed by atoms with Crippen LogP contribution < -0.4 is 0 Å². The van der Waals surface area contributed by atoms with Gasteiger partial charge in [-0.05, 0) is 6.42 Å². The van der Waals surface area contributed by atoms with Crippen LogP contribution in [0.4, 0.5) is 0 Å². The van der Waals surface area contributed by atoms with E-state index in [9.17, 15) is 40.9 Å². The van der Waals surface area contributed by atoms with Gasteiger partial charge in [-0.1, -0.05) is 26.2 Å². The lowest BCUT2D eigenvalue weighted by Gasteiger charge is -2.46. The first-order chi connectivity index (χ1) is 14.2. The molecule has 0 aliphatic carbocycles. The molecule has 11 nitrogen and oxygen atoms in total. The average Bonchev–Trinajstić information content (AvgIpc) is 2.73. The quantitative estimate of drug-likeness (QED) is 0.161. The second-order valence-corrected chi connectivity index (χ2v) is 8.06. The number of aliphatic hydroxyl groups is 8. The predicted molar refractivity (Wildman–Crippen MR) is 101 cm³/mol. The zero-order valence-electron chi connectivity index (χ0n) is 17.1. The third-order valence-electron chi connectivity index (χ3n) is 5.75. The number of hydrogen-bond donors (Lipinski definition) is 8. The first-order valence-electron chi connectivity index (χ1n) is 10.5. The maximum atomic E-state index is 10.5. The molecule has 2 saturated heterocycles. The van der Waals surface area contributed by atoms with E-state index in [1.165, 1.54) is 0 Å². The molecule has 0 radical (unpaired) electrons. The van der Waals surface area contributed by atoms with E-state index in [1.807, 2.05) is 6.92 Å². The highest BCUT2D eigenvalue weighted by molar-refractivity contribution is 4.96. The van der Waals surface area contributed by atoms with Crippen LogP contribution in [0.25, 0.3) is 0 Å². The average molecular weight is 440 g/mol. The molecule has 0 aromatic rings. The number of unbranched alkanes of at least 4 members (excludes halogenated alkanes) is 2. The van der Waals surface area contributed by atoms with Gasteiger partial charge in [0.05, 0.1) is 25.4 Å². The summed E-state index contributed by atoms with van der Waals surface area (Å²) < 4.78 is 16.4. The highest BCUT2D eigenvalue weighted by Gasteiger charge is 2.50. The van der Waals surface area contributed by atoms with Gasteiger partial charge in [0.2, 0.25) is 0 Å². The van der Waals surface area contributed by atoms with E-state index in [0.29, 0.717) is 6.42 Å². The molecule has 0 amide bonds. The van der Waals surface area contributed by atoms with Crippen LogP contribution in [-0.4, -0.2) is 121 Å². The molecule has 2 heterocycles. The minimum absolute atomic E-state index is 0.0607. The zero-order valence-corrected chi connectivity index (χ0v) is 17.1. The van der Waals surface area contributed by atoms with Crippen LogP contribution in [0, 0.1) is 0 Å². The summed E-state index contributed by atoms with van der Waals surface area (Å²) in [5.41, 5.74) is 0. The molecule has 30 heavy (non-hydrogen) atoms. The SMILES string of the molecule is CCCCCC(O)C[C@H]1O[C@H](CO)[C@@H](O[C@@H]2O[C@H](CO)[C@@H](O)[C@H](O)[C@H]2O)[C@H](O)[C@H]1O. The van der Waals surface area contributed by atoms with E-state index < -0.39 is 80.5 Å². The van der Waals surface area contributed by atoms with Gasteiger partial charge in [0.1, 0.15) is 48.8 Å². The van der Waals surface area contributed by atoms with Gasteiger partial charge in [0, 0.05) is 6.42 Å². The summed E-state index contributed by atoms with van der Waals surface area (Å²) >= 11 is 0. The van der Waals surface area contributed by atoms with Crippen LogP contribution in [0.2, 0.25) is 0 Å². The molecule has 1 unspecified atom stereocenters. The summed E-state index contributed by atoms with van der Waals surface area (Å²) in [6.07, 6.45) is -11.5. The lowest BCUT2D eigenvalue weighted by Crippen LogP contribution is -2.64. The maximum Gasteiger partial charge on any atom is 0.187 e. The summed E-state index contributed by atoms with van der Waals surface area (Å²) in [5, 5.41) is 79.9. The Morgan fingerprint density at radius 1 is 0.767 bits per heavy atom. The van der Waals surface area contributed by atoms with E-state index in [4.69, 9.17) is 14.2 Å². The Labute approximate surface area is 175 Å². The summed E-state index contributed by atoms with van der Waals surface area (Å²) in [4.78, 5) is 0. The molecule has 2 aliphatic rings. The monoisotopic (exact) mass is 440 g/mol. The van der Waals surface area contributed by atoms with Crippen molar-refractivity contribution in [1.29, 1.82) is 0 Å². The second-order valence-electron chi connectivity index (χ2n) is 8.06. The minimum Gasteiger partial charge on any atom is -0.394 e. The lowest BCUT2D eigenvalue weighted by atomic mass is 9.91. The van der Waals surface area contributed by atoms with E-state index in [2.05, 4.69) is 0 Å². The van der Waals surface area contributed by atoms with Crippen molar-refractivity contribution in [1.82, 2.24) is 0 Å². The van der Waals surface area contributed by atoms with Crippen LogP contribution in [-0.2, 0) is 14.2 Å². The van der Waals surface area contributed by atoms with Gasteiger partial charge >= 0.3 is 0 Å². The van der Waals surface area contributed by atoms with Crippen molar-refractivity contribution in [2.75, 3.05) is 13.2 Å². The topological polar surface area (TPSA) is 190 Å². The van der Waals surface area contributed by atoms with Gasteiger partial charge in [0.25, 0.3) is 0 Å². The van der Waals surface area contributed by atoms with Crippen molar-refractivity contribution >= 4 is 0 Å². The first kappa shape index (κ1) is 25.8. The molecule has 2 fully saturated rings. The molecule has 11 heteroatoms. The van der Waals surface area contributed by atoms with Gasteiger partial charge in [0.15, 0.2) is 6.29 Å². The summed E-state index contributed by atoms with van der Waals surface area (Å²) in [6.45, 7) is 0.797. The highest BCUT2D eigenvalue weighted by Crippen LogP contribution is 2.30. The molecule has 0 spiro atoms. The normalized spacial score (nSPS) is 43.5. The molecule has 0 aromatic carbocycles. The number of rotatable bonds is 10. The molecule has 2 aliphatic heterocycles. The van der Waals surface area contributed by atoms with E-state index in [-0.39, 0.29) is 6.42 Å². The molecular formula is C19H36O11. The summed E-state index contributed by atoms with van der Waals surface area (Å²) in [6, 6.07) is 0. The molecule has 8 N–H and O–H groups in total. The van der Waals surface area contributed by atoms with Crippen LogP contribution >= 0.6 is 0 Å². The van der Waals surface area contributed by atoms with Crippen LogP contribution in [0.5, 0.6) is 0 Å². The number of ether oxygens (including phenoxy) is 3. The Morgan fingerprint density at radius 3 is 2.00 bits per heavy atom. The molecular weight excluding hydrogens is 404 g/mol. The number of hydrogen-bond acceptors (Lipinski definition) is 11. The first-order valence-corrected chi connectivity index (χ1v) is 10.5. The van der Waals surface area contributed by atoms with Crippen molar-refractivity contribution in [3.05, 3.63) is 0 Å². The van der Waals surface area contributed by atoms with Crippen LogP contribution in [0.15, 0.2) is 0 Å². The van der Waals surface area contributed by atoms with Crippen molar-refractivity contribution in [2.24, 2.45) is 0 Å². The fourth-order valence-corrected chi connectivity index (χ4v) is 3.88. The fourth-order valence-electron chi connectivity index (χ4n) is 3.88. The van der Waals surface area contributed by atoms with E-state index >= 15 is 0 Å². The predicted octanol–water partition coefficient (Wildman–Crippen LogP) is -3.02. The Bertz CT molecular complexity index is 491. The fraction of sp³-hybridized carbons (Fsp3) is 1.00. The maximum absolute atomic E-state index is 10.5. The smallest absolute Gasteiger partial charge is 0.187 e. The molecule has 2 rings (SSSR count). The summed E-state index contributed by atoms with van der Waals surface area (Å²) in [5.74, 6) is 0. The van der Waals surface area contributed by atoms with Gasteiger partial charge in [-0.3, -0.25) is 0 Å². The van der Waals surface area contributed by atoms with E-state index in [0.717, 1.165) is 19.3 Å². The van der Waals surface area contributed by atoms with Gasteiger partial charge in [-0.25, -0.2) is 0 Å². The largest absolute Gasteiger partial charge is 0.394 e. The third-order valence-corrected chi connectivity index (χ3v) is 5.75. The Hall–Kier alpha value is -0.440. The highest BCUT2D eigenvalue weighted by atomic mass is 16.7. The second kappa shape index (κ2) is 12.0. The summed E-state index contributed by atoms with van der Waals surface area (Å²) in [7, 11) is 0. The Balaban J connectivity index is 2.02. The standard InChI is InChI=1S/C19H36O11/c1-2-3-4-5-9(22)6-10-13(23)16(26)18(12(8-21)28-10)30-19-17(27)15(25)14(24)11(7-20)29-19/h9-27H,2-8H2,1H3/t9?,10-,11-,12-,13+,14-,15+,16-,17-,18-,19+/m1/s1. The molecule has 11 atom stereocenters. The Kier molecular flexibility index (Phi) is 10.3. The number of aliphatic hydroxyl groups excluding tert-OH is 8. The molecule has 178 valence electrons. The Morgan fingerprint density at radius 2 is 1.40 bits per heavy atom. The zero-order chi connectivity index (χ0) is 22.4. The van der Waals surface area contributed by atoms with Crippen molar-refractivity contribution < 1.29 is 55.1 Å². The molecule has 0 saturated carbocycles. The van der Waals surface area contributed by atoms with Crippen molar-refractivity contribution in [3.8, 4) is 0 Å². The van der Waals surface area contributed by atoms with Crippen molar-refractivity contribution in [2.45, 2.75) is 106 Å². The lowest BCUT2D eigenvalue weighted by molar-refractivity contribution is -0.342. The third kappa shape index (κ3) is 6.08. The van der Waals surface area contributed by atoms with Crippen LogP contribution in [0.1, 0.15) is 39.0 Å². The van der Waals surface area contributed by atoms with Gasteiger partial charge < -0.3 is 55.1 Å². The van der Waals surface area contributed by atoms with Crippen molar-refractivity contribution in [3.63, 3.8) is 0 Å². The van der Waals surface area contributed by atoms with E-state index in [1.54, 1.807) is 0 Å². The van der Waals surface area contributed by atoms with Crippen LogP contribution in [0.3, 0.4) is 0 Å². The molecule has 0 bridgehead atoms. The van der Waals surface area contributed by atoms with Gasteiger partial charge in [-0.2, -0.15) is 0 Å². The van der Waals surface area contributed by atoms with Gasteiger partial charge in [-0.15, -0.1) is 0 Å².